The van der Waals surface area contributed by atoms with Crippen LogP contribution in [0.1, 0.15) is 18.4 Å². The lowest BCUT2D eigenvalue weighted by Crippen LogP contribution is -2.52. The van der Waals surface area contributed by atoms with E-state index in [9.17, 15) is 4.79 Å². The van der Waals surface area contributed by atoms with E-state index in [1.54, 1.807) is 0 Å². The van der Waals surface area contributed by atoms with E-state index in [0.717, 1.165) is 55.2 Å². The van der Waals surface area contributed by atoms with Crippen LogP contribution in [0.25, 0.3) is 0 Å². The molecule has 5 rings (SSSR count). The maximum atomic E-state index is 12.6. The Morgan fingerprint density at radius 3 is 2.78 bits per heavy atom. The summed E-state index contributed by atoms with van der Waals surface area (Å²) in [6, 6.07) is 16.3. The van der Waals surface area contributed by atoms with E-state index in [1.807, 2.05) is 41.3 Å². The highest BCUT2D eigenvalue weighted by atomic mass is 16.6. The third-order valence-electron chi connectivity index (χ3n) is 5.74. The van der Waals surface area contributed by atoms with Gasteiger partial charge in [-0.2, -0.15) is 0 Å². The van der Waals surface area contributed by atoms with Gasteiger partial charge in [-0.1, -0.05) is 30.3 Å². The maximum Gasteiger partial charge on any atom is 0.231 e. The normalized spacial score (nSPS) is 24.7. The van der Waals surface area contributed by atoms with Crippen molar-refractivity contribution in [1.82, 2.24) is 4.90 Å². The Morgan fingerprint density at radius 1 is 1.04 bits per heavy atom. The second kappa shape index (κ2) is 6.89. The van der Waals surface area contributed by atoms with Gasteiger partial charge in [-0.05, 0) is 43.1 Å². The Bertz CT molecular complexity index is 853. The zero-order valence-corrected chi connectivity index (χ0v) is 15.3. The number of rotatable bonds is 3. The fourth-order valence-corrected chi connectivity index (χ4v) is 4.53. The minimum Gasteiger partial charge on any atom is -0.486 e. The second-order valence-electron chi connectivity index (χ2n) is 7.62. The molecule has 1 saturated heterocycles. The van der Waals surface area contributed by atoms with Gasteiger partial charge in [0, 0.05) is 24.8 Å². The van der Waals surface area contributed by atoms with Crippen LogP contribution in [0.4, 0.5) is 5.69 Å². The van der Waals surface area contributed by atoms with Gasteiger partial charge in [0.25, 0.3) is 0 Å². The van der Waals surface area contributed by atoms with Crippen LogP contribution in [0.5, 0.6) is 11.5 Å². The summed E-state index contributed by atoms with van der Waals surface area (Å²) in [7, 11) is 0. The summed E-state index contributed by atoms with van der Waals surface area (Å²) in [5.41, 5.74) is 2.25. The number of amides is 1. The number of hydrogen-bond acceptors (Lipinski definition) is 4. The molecule has 2 atom stereocenters. The molecule has 1 amide bonds. The lowest BCUT2D eigenvalue weighted by atomic mass is 10.0. The first-order valence-corrected chi connectivity index (χ1v) is 9.79. The van der Waals surface area contributed by atoms with Crippen LogP contribution in [0, 0.1) is 0 Å². The standard InChI is InChI=1S/C22H24N2O3/c25-22-12-16-6-1-2-8-19(16)24(22)17-7-5-11-23(13-17)14-18-15-26-20-9-3-4-10-21(20)27-18/h1-4,6,8-10,17-18H,5,7,11-15H2. The molecular formula is C22H24N2O3. The summed E-state index contributed by atoms with van der Waals surface area (Å²) in [4.78, 5) is 17.1. The van der Waals surface area contributed by atoms with Gasteiger partial charge in [0.05, 0.1) is 6.42 Å². The van der Waals surface area contributed by atoms with Crippen molar-refractivity contribution in [3.8, 4) is 11.5 Å². The summed E-state index contributed by atoms with van der Waals surface area (Å²) in [6.07, 6.45) is 2.71. The van der Waals surface area contributed by atoms with Gasteiger partial charge in [-0.3, -0.25) is 9.69 Å². The first kappa shape index (κ1) is 16.6. The number of nitrogens with zero attached hydrogens (tertiary/aromatic N) is 2. The summed E-state index contributed by atoms with van der Waals surface area (Å²) in [5.74, 6) is 1.88. The molecule has 0 radical (unpaired) electrons. The number of carbonyl (C=O) groups is 1. The van der Waals surface area contributed by atoms with Gasteiger partial charge < -0.3 is 14.4 Å². The van der Waals surface area contributed by atoms with Crippen molar-refractivity contribution < 1.29 is 14.3 Å². The molecule has 0 aromatic heterocycles. The van der Waals surface area contributed by atoms with Crippen molar-refractivity contribution in [3.05, 3.63) is 54.1 Å². The quantitative estimate of drug-likeness (QED) is 0.840. The number of hydrogen-bond donors (Lipinski definition) is 0. The van der Waals surface area contributed by atoms with Crippen molar-refractivity contribution in [2.24, 2.45) is 0 Å². The summed E-state index contributed by atoms with van der Waals surface area (Å²) >= 11 is 0. The molecule has 2 aromatic carbocycles. The molecule has 2 aromatic rings. The van der Waals surface area contributed by atoms with Gasteiger partial charge in [0.2, 0.25) is 5.91 Å². The number of para-hydroxylation sites is 3. The fourth-order valence-electron chi connectivity index (χ4n) is 4.53. The van der Waals surface area contributed by atoms with E-state index in [0.29, 0.717) is 13.0 Å². The highest BCUT2D eigenvalue weighted by molar-refractivity contribution is 6.01. The van der Waals surface area contributed by atoms with Crippen molar-refractivity contribution in [3.63, 3.8) is 0 Å². The first-order valence-electron chi connectivity index (χ1n) is 9.79. The summed E-state index contributed by atoms with van der Waals surface area (Å²) in [6.45, 7) is 3.33. The lowest BCUT2D eigenvalue weighted by molar-refractivity contribution is -0.118. The van der Waals surface area contributed by atoms with Crippen LogP contribution in [-0.4, -0.2) is 49.2 Å². The molecule has 5 heteroatoms. The molecule has 0 spiro atoms. The number of anilines is 1. The van der Waals surface area contributed by atoms with Crippen LogP contribution < -0.4 is 14.4 Å². The number of benzene rings is 2. The van der Waals surface area contributed by atoms with Gasteiger partial charge in [0.1, 0.15) is 12.7 Å². The first-order chi connectivity index (χ1) is 13.3. The van der Waals surface area contributed by atoms with Gasteiger partial charge >= 0.3 is 0 Å². The van der Waals surface area contributed by atoms with E-state index in [1.165, 1.54) is 0 Å². The smallest absolute Gasteiger partial charge is 0.231 e. The summed E-state index contributed by atoms with van der Waals surface area (Å²) in [5, 5.41) is 0. The predicted molar refractivity (Wildman–Crippen MR) is 103 cm³/mol. The molecule has 3 heterocycles. The molecule has 1 fully saturated rings. The Morgan fingerprint density at radius 2 is 1.85 bits per heavy atom. The number of ether oxygens (including phenoxy) is 2. The van der Waals surface area contributed by atoms with Crippen LogP contribution >= 0.6 is 0 Å². The average molecular weight is 364 g/mol. The highest BCUT2D eigenvalue weighted by Crippen LogP contribution is 2.34. The number of fused-ring (bicyclic) bond motifs is 2. The molecule has 0 N–H and O–H groups in total. The third-order valence-corrected chi connectivity index (χ3v) is 5.74. The third kappa shape index (κ3) is 3.16. The molecule has 0 aliphatic carbocycles. The molecule has 140 valence electrons. The van der Waals surface area contributed by atoms with E-state index in [2.05, 4.69) is 17.0 Å². The molecule has 3 aliphatic rings. The van der Waals surface area contributed by atoms with Crippen LogP contribution in [-0.2, 0) is 11.2 Å². The molecule has 0 bridgehead atoms. The van der Waals surface area contributed by atoms with Crippen LogP contribution in [0.3, 0.4) is 0 Å². The Balaban J connectivity index is 1.26. The monoisotopic (exact) mass is 364 g/mol. The summed E-state index contributed by atoms with van der Waals surface area (Å²) < 4.78 is 12.0. The van der Waals surface area contributed by atoms with Crippen molar-refractivity contribution >= 4 is 11.6 Å². The molecule has 2 unspecified atom stereocenters. The van der Waals surface area contributed by atoms with Gasteiger partial charge in [0.15, 0.2) is 11.5 Å². The lowest BCUT2D eigenvalue weighted by Gasteiger charge is -2.39. The molecular weight excluding hydrogens is 340 g/mol. The van der Waals surface area contributed by atoms with Crippen molar-refractivity contribution in [1.29, 1.82) is 0 Å². The molecule has 27 heavy (non-hydrogen) atoms. The van der Waals surface area contributed by atoms with Crippen molar-refractivity contribution in [2.75, 3.05) is 31.1 Å². The largest absolute Gasteiger partial charge is 0.486 e. The zero-order valence-electron chi connectivity index (χ0n) is 15.3. The second-order valence-corrected chi connectivity index (χ2v) is 7.62. The molecule has 0 saturated carbocycles. The Kier molecular flexibility index (Phi) is 4.24. The van der Waals surface area contributed by atoms with Gasteiger partial charge in [-0.15, -0.1) is 0 Å². The Hall–Kier alpha value is -2.53. The SMILES string of the molecule is O=C1Cc2ccccc2N1C1CCCN(CC2COc3ccccc3O2)C1. The topological polar surface area (TPSA) is 42.0 Å². The number of piperidine rings is 1. The highest BCUT2D eigenvalue weighted by Gasteiger charge is 2.36. The Labute approximate surface area is 159 Å². The maximum absolute atomic E-state index is 12.6. The van der Waals surface area contributed by atoms with E-state index in [4.69, 9.17) is 9.47 Å². The van der Waals surface area contributed by atoms with Crippen LogP contribution in [0.15, 0.2) is 48.5 Å². The fraction of sp³-hybridized carbons (Fsp3) is 0.409. The van der Waals surface area contributed by atoms with Gasteiger partial charge in [-0.25, -0.2) is 0 Å². The van der Waals surface area contributed by atoms with E-state index in [-0.39, 0.29) is 18.1 Å². The molecule has 5 nitrogen and oxygen atoms in total. The zero-order chi connectivity index (χ0) is 18.2. The van der Waals surface area contributed by atoms with E-state index >= 15 is 0 Å². The minimum atomic E-state index is 0.0280. The number of carbonyl (C=O) groups excluding carboxylic acids is 1. The predicted octanol–water partition coefficient (Wildman–Crippen LogP) is 2.88. The minimum absolute atomic E-state index is 0.0280. The average Bonchev–Trinajstić information content (AvgIpc) is 3.04. The number of likely N-dealkylation sites (tertiary alicyclic amines) is 1. The molecule has 3 aliphatic heterocycles. The van der Waals surface area contributed by atoms with E-state index < -0.39 is 0 Å². The van der Waals surface area contributed by atoms with Crippen molar-refractivity contribution in [2.45, 2.75) is 31.4 Å². The van der Waals surface area contributed by atoms with Crippen LogP contribution in [0.2, 0.25) is 0 Å².